The van der Waals surface area contributed by atoms with Crippen LogP contribution in [0.4, 0.5) is 16.2 Å². The maximum Gasteiger partial charge on any atom is 0.321 e. The number of urea groups is 1. The molecule has 3 N–H and O–H groups in total. The molecule has 11 nitrogen and oxygen atoms in total. The fourth-order valence-electron chi connectivity index (χ4n) is 4.84. The zero-order chi connectivity index (χ0) is 27.4. The van der Waals surface area contributed by atoms with Crippen molar-refractivity contribution in [2.24, 2.45) is 5.92 Å². The number of methoxy groups -OCH3 is 1. The Morgan fingerprint density at radius 2 is 1.79 bits per heavy atom. The van der Waals surface area contributed by atoms with Crippen LogP contribution in [0.2, 0.25) is 0 Å². The molecule has 1 aromatic heterocycles. The normalized spacial score (nSPS) is 15.1. The Kier molecular flexibility index (Phi) is 7.67. The van der Waals surface area contributed by atoms with Gasteiger partial charge in [0.15, 0.2) is 11.5 Å². The SMILES string of the molecule is COc1ccc2c(CCC(=O)O)ccc(NC(=O)C3CCN(C(=O)Nc4ccc5c(c4)OCCO5)CC3)c2n1. The molecule has 0 saturated carbocycles. The number of rotatable bonds is 7. The van der Waals surface area contributed by atoms with E-state index in [0.29, 0.717) is 79.8 Å². The molecule has 2 aromatic carbocycles. The molecule has 2 aliphatic rings. The average molecular weight is 535 g/mol. The minimum atomic E-state index is -0.881. The number of nitrogens with one attached hydrogen (secondary N) is 2. The molecule has 3 amide bonds. The summed E-state index contributed by atoms with van der Waals surface area (Å²) in [4.78, 5) is 43.3. The minimum absolute atomic E-state index is 0.00630. The van der Waals surface area contributed by atoms with Crippen LogP contribution in [0.15, 0.2) is 42.5 Å². The lowest BCUT2D eigenvalue weighted by molar-refractivity contribution is -0.137. The van der Waals surface area contributed by atoms with E-state index in [1.807, 2.05) is 12.1 Å². The molecule has 3 aromatic rings. The Hall–Kier alpha value is -4.54. The van der Waals surface area contributed by atoms with Crippen LogP contribution >= 0.6 is 0 Å². The number of carbonyl (C=O) groups excluding carboxylic acids is 2. The first-order valence-corrected chi connectivity index (χ1v) is 12.9. The summed E-state index contributed by atoms with van der Waals surface area (Å²) in [6, 6.07) is 12.2. The van der Waals surface area contributed by atoms with Gasteiger partial charge in [0, 0.05) is 48.6 Å². The minimum Gasteiger partial charge on any atom is -0.486 e. The number of amides is 3. The lowest BCUT2D eigenvalue weighted by Gasteiger charge is -2.31. The highest BCUT2D eigenvalue weighted by Crippen LogP contribution is 2.33. The maximum atomic E-state index is 13.2. The van der Waals surface area contributed by atoms with Crippen molar-refractivity contribution in [2.75, 3.05) is 44.0 Å². The van der Waals surface area contributed by atoms with Gasteiger partial charge in [0.05, 0.1) is 18.3 Å². The summed E-state index contributed by atoms with van der Waals surface area (Å²) in [5.74, 6) is 0.354. The molecule has 5 rings (SSSR count). The van der Waals surface area contributed by atoms with Gasteiger partial charge < -0.3 is 34.9 Å². The number of anilines is 2. The summed E-state index contributed by atoms with van der Waals surface area (Å²) in [6.07, 6.45) is 1.38. The van der Waals surface area contributed by atoms with Crippen molar-refractivity contribution >= 4 is 40.2 Å². The fourth-order valence-corrected chi connectivity index (χ4v) is 4.84. The fraction of sp³-hybridized carbons (Fsp3) is 0.357. The van der Waals surface area contributed by atoms with Gasteiger partial charge in [-0.15, -0.1) is 0 Å². The molecular formula is C28H30N4O7. The third-order valence-corrected chi connectivity index (χ3v) is 6.94. The number of hydrogen-bond donors (Lipinski definition) is 3. The first-order chi connectivity index (χ1) is 18.9. The molecule has 0 bridgehead atoms. The van der Waals surface area contributed by atoms with Gasteiger partial charge in [-0.1, -0.05) is 6.07 Å². The van der Waals surface area contributed by atoms with Crippen molar-refractivity contribution in [3.63, 3.8) is 0 Å². The van der Waals surface area contributed by atoms with Crippen LogP contribution in [0.1, 0.15) is 24.8 Å². The van der Waals surface area contributed by atoms with Gasteiger partial charge in [0.25, 0.3) is 0 Å². The van der Waals surface area contributed by atoms with E-state index in [1.54, 1.807) is 35.2 Å². The molecule has 11 heteroatoms. The summed E-state index contributed by atoms with van der Waals surface area (Å²) in [5.41, 5.74) is 2.53. The Balaban J connectivity index is 1.21. The summed E-state index contributed by atoms with van der Waals surface area (Å²) in [5, 5.41) is 15.7. The molecule has 0 aliphatic carbocycles. The number of aryl methyl sites for hydroxylation is 1. The van der Waals surface area contributed by atoms with Gasteiger partial charge >= 0.3 is 12.0 Å². The summed E-state index contributed by atoms with van der Waals surface area (Å²) >= 11 is 0. The first kappa shape index (κ1) is 26.1. The van der Waals surface area contributed by atoms with Crippen LogP contribution in [-0.4, -0.2) is 66.3 Å². The molecule has 39 heavy (non-hydrogen) atoms. The highest BCUT2D eigenvalue weighted by molar-refractivity contribution is 6.02. The molecule has 2 aliphatic heterocycles. The predicted octanol–water partition coefficient (Wildman–Crippen LogP) is 3.91. The molecule has 3 heterocycles. The van der Waals surface area contributed by atoms with Crippen LogP contribution in [-0.2, 0) is 16.0 Å². The molecule has 1 fully saturated rings. The number of aromatic nitrogens is 1. The molecule has 0 spiro atoms. The van der Waals surface area contributed by atoms with Crippen LogP contribution in [0.5, 0.6) is 17.4 Å². The number of benzene rings is 2. The van der Waals surface area contributed by atoms with Crippen molar-refractivity contribution < 1.29 is 33.7 Å². The summed E-state index contributed by atoms with van der Waals surface area (Å²) < 4.78 is 16.4. The zero-order valence-electron chi connectivity index (χ0n) is 21.6. The lowest BCUT2D eigenvalue weighted by atomic mass is 9.95. The van der Waals surface area contributed by atoms with Crippen molar-refractivity contribution in [1.29, 1.82) is 0 Å². The topological polar surface area (TPSA) is 139 Å². The second-order valence-corrected chi connectivity index (χ2v) is 9.45. The number of likely N-dealkylation sites (tertiary alicyclic amines) is 1. The highest BCUT2D eigenvalue weighted by Gasteiger charge is 2.28. The Morgan fingerprint density at radius 1 is 1.03 bits per heavy atom. The predicted molar refractivity (Wildman–Crippen MR) is 144 cm³/mol. The Labute approximate surface area is 225 Å². The second-order valence-electron chi connectivity index (χ2n) is 9.45. The monoisotopic (exact) mass is 534 g/mol. The smallest absolute Gasteiger partial charge is 0.321 e. The number of hydrogen-bond acceptors (Lipinski definition) is 7. The van der Waals surface area contributed by atoms with E-state index < -0.39 is 5.97 Å². The van der Waals surface area contributed by atoms with Crippen molar-refractivity contribution in [1.82, 2.24) is 9.88 Å². The number of pyridine rings is 1. The standard InChI is InChI=1S/C28H30N4O7/c1-37-24-8-5-20-17(3-9-25(33)34)2-6-21(26(20)31-24)30-27(35)18-10-12-32(13-11-18)28(36)29-19-4-7-22-23(16-19)39-15-14-38-22/h2,4-8,16,18H,3,9-15H2,1H3,(H,29,36)(H,30,35)(H,33,34). The van der Waals surface area contributed by atoms with E-state index in [0.717, 1.165) is 10.9 Å². The molecule has 0 unspecified atom stereocenters. The Bertz CT molecular complexity index is 1400. The Morgan fingerprint density at radius 3 is 2.54 bits per heavy atom. The van der Waals surface area contributed by atoms with Crippen molar-refractivity contribution in [2.45, 2.75) is 25.7 Å². The van der Waals surface area contributed by atoms with E-state index in [4.69, 9.17) is 19.3 Å². The molecule has 204 valence electrons. The van der Waals surface area contributed by atoms with Gasteiger partial charge in [-0.05, 0) is 49.1 Å². The number of aliphatic carboxylic acids is 1. The van der Waals surface area contributed by atoms with Gasteiger partial charge in [0.1, 0.15) is 13.2 Å². The third-order valence-electron chi connectivity index (χ3n) is 6.94. The van der Waals surface area contributed by atoms with Crippen molar-refractivity contribution in [3.05, 3.63) is 48.0 Å². The third kappa shape index (κ3) is 5.97. The van der Waals surface area contributed by atoms with Crippen molar-refractivity contribution in [3.8, 4) is 17.4 Å². The van der Waals surface area contributed by atoms with Crippen LogP contribution in [0, 0.1) is 5.92 Å². The maximum absolute atomic E-state index is 13.2. The highest BCUT2D eigenvalue weighted by atomic mass is 16.6. The van der Waals surface area contributed by atoms with E-state index in [-0.39, 0.29) is 24.3 Å². The number of piperidine rings is 1. The van der Waals surface area contributed by atoms with Gasteiger partial charge in [0.2, 0.25) is 11.8 Å². The average Bonchev–Trinajstić information content (AvgIpc) is 2.96. The van der Waals surface area contributed by atoms with E-state index >= 15 is 0 Å². The van der Waals surface area contributed by atoms with E-state index in [9.17, 15) is 14.4 Å². The summed E-state index contributed by atoms with van der Waals surface area (Å²) in [7, 11) is 1.51. The largest absolute Gasteiger partial charge is 0.486 e. The second kappa shape index (κ2) is 11.5. The first-order valence-electron chi connectivity index (χ1n) is 12.9. The van der Waals surface area contributed by atoms with E-state index in [1.165, 1.54) is 7.11 Å². The number of fused-ring (bicyclic) bond motifs is 2. The molecule has 0 atom stereocenters. The molecular weight excluding hydrogens is 504 g/mol. The number of carboxylic acid groups (broad SMARTS) is 1. The molecule has 0 radical (unpaired) electrons. The van der Waals surface area contributed by atoms with Crippen LogP contribution in [0.25, 0.3) is 10.9 Å². The molecule has 1 saturated heterocycles. The quantitative estimate of drug-likeness (QED) is 0.415. The zero-order valence-corrected chi connectivity index (χ0v) is 21.6. The van der Waals surface area contributed by atoms with E-state index in [2.05, 4.69) is 15.6 Å². The van der Waals surface area contributed by atoms with Crippen LogP contribution < -0.4 is 24.8 Å². The number of carboxylic acids is 1. The number of nitrogens with zero attached hydrogens (tertiary/aromatic N) is 2. The number of carbonyl (C=O) groups is 3. The van der Waals surface area contributed by atoms with Crippen LogP contribution in [0.3, 0.4) is 0 Å². The summed E-state index contributed by atoms with van der Waals surface area (Å²) in [6.45, 7) is 1.85. The van der Waals surface area contributed by atoms with Gasteiger partial charge in [-0.3, -0.25) is 9.59 Å². The van der Waals surface area contributed by atoms with Gasteiger partial charge in [-0.25, -0.2) is 9.78 Å². The number of ether oxygens (including phenoxy) is 3. The van der Waals surface area contributed by atoms with Gasteiger partial charge in [-0.2, -0.15) is 0 Å². The lowest BCUT2D eigenvalue weighted by Crippen LogP contribution is -2.43.